The molecule has 25 heavy (non-hydrogen) atoms. The molecule has 2 rings (SSSR count). The van der Waals surface area contributed by atoms with E-state index < -0.39 is 0 Å². The summed E-state index contributed by atoms with van der Waals surface area (Å²) in [4.78, 5) is 17.8. The van der Waals surface area contributed by atoms with Gasteiger partial charge in [-0.2, -0.15) is 0 Å². The molecule has 1 unspecified atom stereocenters. The summed E-state index contributed by atoms with van der Waals surface area (Å²) >= 11 is 6.17. The number of guanidine groups is 1. The van der Waals surface area contributed by atoms with Crippen LogP contribution in [0.5, 0.6) is 0 Å². The van der Waals surface area contributed by atoms with Gasteiger partial charge in [0.05, 0.1) is 19.2 Å². The van der Waals surface area contributed by atoms with Gasteiger partial charge in [0.2, 0.25) is 5.91 Å². The van der Waals surface area contributed by atoms with E-state index in [1.165, 1.54) is 0 Å². The number of carbonyl (C=O) groups is 1. The number of benzene rings is 1. The molecule has 1 saturated heterocycles. The topological polar surface area (TPSA) is 66.0 Å². The zero-order valence-electron chi connectivity index (χ0n) is 14.6. The second kappa shape index (κ2) is 11.5. The van der Waals surface area contributed by atoms with Crippen molar-refractivity contribution in [1.82, 2.24) is 15.5 Å². The van der Waals surface area contributed by atoms with Crippen LogP contribution in [0.15, 0.2) is 29.3 Å². The lowest BCUT2D eigenvalue weighted by atomic mass is 10.2. The van der Waals surface area contributed by atoms with E-state index in [2.05, 4.69) is 15.6 Å². The first-order valence-electron chi connectivity index (χ1n) is 8.13. The van der Waals surface area contributed by atoms with Crippen molar-refractivity contribution in [3.05, 3.63) is 34.9 Å². The number of aliphatic imine (C=N–C) groups is 1. The van der Waals surface area contributed by atoms with Crippen molar-refractivity contribution in [2.24, 2.45) is 4.99 Å². The number of halogens is 2. The molecule has 0 spiro atoms. The van der Waals surface area contributed by atoms with Crippen LogP contribution in [0, 0.1) is 0 Å². The van der Waals surface area contributed by atoms with Gasteiger partial charge in [-0.05, 0) is 24.5 Å². The minimum atomic E-state index is -0.0145. The van der Waals surface area contributed by atoms with Crippen molar-refractivity contribution in [1.29, 1.82) is 0 Å². The van der Waals surface area contributed by atoms with Gasteiger partial charge in [-0.3, -0.25) is 4.79 Å². The first-order valence-corrected chi connectivity index (χ1v) is 8.51. The van der Waals surface area contributed by atoms with Crippen molar-refractivity contribution in [2.45, 2.75) is 25.5 Å². The Hall–Kier alpha value is -1.06. The maximum Gasteiger partial charge on any atom is 0.241 e. The molecule has 1 aliphatic rings. The molecule has 1 aromatic rings. The first-order chi connectivity index (χ1) is 11.6. The summed E-state index contributed by atoms with van der Waals surface area (Å²) in [6.45, 7) is 2.11. The molecule has 1 heterocycles. The van der Waals surface area contributed by atoms with E-state index in [-0.39, 0.29) is 42.5 Å². The van der Waals surface area contributed by atoms with Crippen LogP contribution in [0.4, 0.5) is 0 Å². The molecular weight excluding hydrogens is 455 g/mol. The number of amides is 1. The first kappa shape index (κ1) is 22.0. The van der Waals surface area contributed by atoms with E-state index in [0.29, 0.717) is 24.1 Å². The van der Waals surface area contributed by atoms with Crippen molar-refractivity contribution in [3.63, 3.8) is 0 Å². The van der Waals surface area contributed by atoms with E-state index in [9.17, 15) is 4.79 Å². The smallest absolute Gasteiger partial charge is 0.241 e. The predicted octanol–water partition coefficient (Wildman–Crippen LogP) is 2.26. The summed E-state index contributed by atoms with van der Waals surface area (Å²) in [5.74, 6) is 0.569. The third-order valence-corrected chi connectivity index (χ3v) is 4.16. The van der Waals surface area contributed by atoms with Crippen molar-refractivity contribution in [3.8, 4) is 0 Å². The molecule has 0 saturated carbocycles. The average molecular weight is 481 g/mol. The number of likely N-dealkylation sites (N-methyl/N-ethyl adjacent to an activating group) is 1. The van der Waals surface area contributed by atoms with E-state index in [1.54, 1.807) is 19.0 Å². The standard InChI is InChI=1S/C17H25ClN4O2.HI/c1-22(2)16(23)12-21-17(20-11-14-7-5-9-24-14)19-10-13-6-3-4-8-15(13)18;/h3-4,6,8,14H,5,7,9-12H2,1-2H3,(H2,19,20,21);1H. The summed E-state index contributed by atoms with van der Waals surface area (Å²) in [7, 11) is 3.45. The Labute approximate surface area is 171 Å². The lowest BCUT2D eigenvalue weighted by Crippen LogP contribution is -2.45. The van der Waals surface area contributed by atoms with Gasteiger partial charge in [0.15, 0.2) is 5.96 Å². The molecule has 6 nitrogen and oxygen atoms in total. The van der Waals surface area contributed by atoms with Gasteiger partial charge in [0.1, 0.15) is 0 Å². The molecule has 2 N–H and O–H groups in total. The number of ether oxygens (including phenoxy) is 1. The minimum Gasteiger partial charge on any atom is -0.376 e. The van der Waals surface area contributed by atoms with Crippen LogP contribution in [0.1, 0.15) is 18.4 Å². The summed E-state index contributed by atoms with van der Waals surface area (Å²) in [5.41, 5.74) is 0.941. The normalized spacial score (nSPS) is 16.9. The molecule has 0 aliphatic carbocycles. The van der Waals surface area contributed by atoms with Gasteiger partial charge >= 0.3 is 0 Å². The Bertz CT molecular complexity index is 578. The lowest BCUT2D eigenvalue weighted by molar-refractivity contribution is -0.127. The van der Waals surface area contributed by atoms with Gasteiger partial charge in [0, 0.05) is 32.3 Å². The molecule has 1 fully saturated rings. The Morgan fingerprint density at radius 3 is 2.76 bits per heavy atom. The lowest BCUT2D eigenvalue weighted by Gasteiger charge is -2.17. The quantitative estimate of drug-likeness (QED) is 0.372. The number of hydrogen-bond donors (Lipinski definition) is 2. The van der Waals surface area contributed by atoms with E-state index in [1.807, 2.05) is 24.3 Å². The fraction of sp³-hybridized carbons (Fsp3) is 0.529. The van der Waals surface area contributed by atoms with Crippen molar-refractivity contribution < 1.29 is 9.53 Å². The molecule has 8 heteroatoms. The third-order valence-electron chi connectivity index (χ3n) is 3.79. The highest BCUT2D eigenvalue weighted by Crippen LogP contribution is 2.15. The number of nitrogens with zero attached hydrogens (tertiary/aromatic N) is 2. The zero-order valence-corrected chi connectivity index (χ0v) is 17.7. The van der Waals surface area contributed by atoms with E-state index >= 15 is 0 Å². The highest BCUT2D eigenvalue weighted by Gasteiger charge is 2.16. The summed E-state index contributed by atoms with van der Waals surface area (Å²) in [5, 5.41) is 6.99. The molecule has 0 aromatic heterocycles. The maximum absolute atomic E-state index is 11.8. The van der Waals surface area contributed by atoms with Gasteiger partial charge in [-0.25, -0.2) is 4.99 Å². The van der Waals surface area contributed by atoms with Gasteiger partial charge in [-0.15, -0.1) is 24.0 Å². The molecule has 140 valence electrons. The Kier molecular flexibility index (Phi) is 10.1. The molecule has 1 aliphatic heterocycles. The third kappa shape index (κ3) is 7.79. The number of hydrogen-bond acceptors (Lipinski definition) is 3. The van der Waals surface area contributed by atoms with Crippen LogP contribution in [0.25, 0.3) is 0 Å². The van der Waals surface area contributed by atoms with Crippen LogP contribution in [0.3, 0.4) is 0 Å². The average Bonchev–Trinajstić information content (AvgIpc) is 3.08. The SMILES string of the molecule is CN(C)C(=O)CNC(=NCc1ccccc1Cl)NCC1CCCO1.I. The van der Waals surface area contributed by atoms with E-state index in [0.717, 1.165) is 25.0 Å². The molecule has 1 aromatic carbocycles. The maximum atomic E-state index is 11.8. The monoisotopic (exact) mass is 480 g/mol. The van der Waals surface area contributed by atoms with Crippen LogP contribution < -0.4 is 10.6 Å². The zero-order chi connectivity index (χ0) is 17.4. The highest BCUT2D eigenvalue weighted by molar-refractivity contribution is 14.0. The van der Waals surface area contributed by atoms with Crippen molar-refractivity contribution in [2.75, 3.05) is 33.8 Å². The largest absolute Gasteiger partial charge is 0.376 e. The second-order valence-corrected chi connectivity index (χ2v) is 6.32. The van der Waals surface area contributed by atoms with Crippen LogP contribution in [-0.4, -0.2) is 56.7 Å². The number of nitrogens with one attached hydrogen (secondary N) is 2. The molecule has 0 bridgehead atoms. The predicted molar refractivity (Wildman–Crippen MR) is 112 cm³/mol. The van der Waals surface area contributed by atoms with E-state index in [4.69, 9.17) is 16.3 Å². The fourth-order valence-electron chi connectivity index (χ4n) is 2.30. The molecule has 1 amide bonds. The Morgan fingerprint density at radius 2 is 2.12 bits per heavy atom. The van der Waals surface area contributed by atoms with Crippen LogP contribution >= 0.6 is 35.6 Å². The minimum absolute atomic E-state index is 0. The number of carbonyl (C=O) groups excluding carboxylic acids is 1. The molecule has 0 radical (unpaired) electrons. The molecular formula is C17H26ClIN4O2. The summed E-state index contributed by atoms with van der Waals surface area (Å²) in [6.07, 6.45) is 2.33. The van der Waals surface area contributed by atoms with Crippen molar-refractivity contribution >= 4 is 47.4 Å². The second-order valence-electron chi connectivity index (χ2n) is 5.91. The molecule has 1 atom stereocenters. The van der Waals surface area contributed by atoms with Crippen LogP contribution in [-0.2, 0) is 16.1 Å². The summed E-state index contributed by atoms with van der Waals surface area (Å²) in [6, 6.07) is 7.60. The van der Waals surface area contributed by atoms with Gasteiger partial charge in [0.25, 0.3) is 0 Å². The highest BCUT2D eigenvalue weighted by atomic mass is 127. The Balaban J connectivity index is 0.00000312. The summed E-state index contributed by atoms with van der Waals surface area (Å²) < 4.78 is 5.61. The number of rotatable bonds is 6. The van der Waals surface area contributed by atoms with Gasteiger partial charge < -0.3 is 20.3 Å². The fourth-order valence-corrected chi connectivity index (χ4v) is 2.49. The Morgan fingerprint density at radius 1 is 1.36 bits per heavy atom. The van der Waals surface area contributed by atoms with Crippen LogP contribution in [0.2, 0.25) is 5.02 Å². The van der Waals surface area contributed by atoms with Gasteiger partial charge in [-0.1, -0.05) is 29.8 Å².